The number of hydrogen-bond acceptors (Lipinski definition) is 2. The van der Waals surface area contributed by atoms with E-state index in [0.29, 0.717) is 12.0 Å². The fourth-order valence-electron chi connectivity index (χ4n) is 1.57. The Morgan fingerprint density at radius 2 is 2.00 bits per heavy atom. The Hall–Kier alpha value is -1.49. The first-order valence-corrected chi connectivity index (χ1v) is 5.80. The summed E-state index contributed by atoms with van der Waals surface area (Å²) in [5, 5.41) is 0.827. The molecule has 18 heavy (non-hydrogen) atoms. The minimum absolute atomic E-state index is 0.116. The highest BCUT2D eigenvalue weighted by molar-refractivity contribution is 5.94. The van der Waals surface area contributed by atoms with E-state index in [1.54, 1.807) is 26.8 Å². The van der Waals surface area contributed by atoms with E-state index in [1.807, 2.05) is 6.92 Å². The average Bonchev–Trinajstić information content (AvgIpc) is 2.27. The SMILES string of the molecule is CCc1ccc(C(=O)N(NF)C(C)(C)C)cc1F. The molecule has 0 heterocycles. The lowest BCUT2D eigenvalue weighted by atomic mass is 10.0. The molecule has 1 aromatic rings. The number of hydrazine groups is 1. The van der Waals surface area contributed by atoms with Crippen molar-refractivity contribution in [2.75, 3.05) is 0 Å². The molecule has 100 valence electrons. The lowest BCUT2D eigenvalue weighted by Gasteiger charge is -2.32. The molecule has 0 aromatic heterocycles. The van der Waals surface area contributed by atoms with Crippen LogP contribution in [0.25, 0.3) is 0 Å². The van der Waals surface area contributed by atoms with Crippen LogP contribution in [0.15, 0.2) is 18.2 Å². The van der Waals surface area contributed by atoms with Crippen molar-refractivity contribution in [2.24, 2.45) is 0 Å². The number of amides is 1. The standard InChI is InChI=1S/C13H18F2N2O/c1-5-9-6-7-10(8-11(9)14)12(18)17(16-15)13(2,3)4/h6-8,16H,5H2,1-4H3. The molecule has 0 aliphatic carbocycles. The first-order valence-electron chi connectivity index (χ1n) is 5.80. The quantitative estimate of drug-likeness (QED) is 0.666. The number of nitrogens with one attached hydrogen (secondary N) is 1. The fraction of sp³-hybridized carbons (Fsp3) is 0.462. The summed E-state index contributed by atoms with van der Waals surface area (Å²) >= 11 is 0. The van der Waals surface area contributed by atoms with Crippen molar-refractivity contribution in [3.8, 4) is 0 Å². The summed E-state index contributed by atoms with van der Waals surface area (Å²) < 4.78 is 26.3. The number of aryl methyl sites for hydroxylation is 1. The highest BCUT2D eigenvalue weighted by atomic mass is 19.2. The van der Waals surface area contributed by atoms with Gasteiger partial charge in [0.1, 0.15) is 5.82 Å². The summed E-state index contributed by atoms with van der Waals surface area (Å²) in [7, 11) is 0. The summed E-state index contributed by atoms with van der Waals surface area (Å²) in [5.41, 5.74) is 1.25. The van der Waals surface area contributed by atoms with E-state index in [0.717, 1.165) is 11.1 Å². The number of carbonyl (C=O) groups is 1. The molecule has 0 radical (unpaired) electrons. The minimum atomic E-state index is -0.744. The zero-order valence-electron chi connectivity index (χ0n) is 11.1. The normalized spacial score (nSPS) is 11.4. The van der Waals surface area contributed by atoms with Crippen molar-refractivity contribution in [1.82, 2.24) is 10.7 Å². The second-order valence-corrected chi connectivity index (χ2v) is 5.06. The molecule has 0 atom stereocenters. The molecule has 0 saturated heterocycles. The van der Waals surface area contributed by atoms with Crippen LogP contribution in [-0.2, 0) is 6.42 Å². The van der Waals surface area contributed by atoms with Gasteiger partial charge in [-0.15, -0.1) is 4.48 Å². The van der Waals surface area contributed by atoms with Gasteiger partial charge in [0, 0.05) is 5.56 Å². The lowest BCUT2D eigenvalue weighted by molar-refractivity contribution is -0.00145. The molecule has 0 bridgehead atoms. The summed E-state index contributed by atoms with van der Waals surface area (Å²) in [6, 6.07) is 4.18. The molecular formula is C13H18F2N2O. The van der Waals surface area contributed by atoms with Crippen LogP contribution in [0, 0.1) is 5.82 Å². The van der Waals surface area contributed by atoms with E-state index in [9.17, 15) is 13.7 Å². The lowest BCUT2D eigenvalue weighted by Crippen LogP contribution is -2.50. The van der Waals surface area contributed by atoms with Crippen molar-refractivity contribution >= 4 is 5.91 Å². The van der Waals surface area contributed by atoms with E-state index >= 15 is 0 Å². The Bertz CT molecular complexity index is 441. The maximum Gasteiger partial charge on any atom is 0.270 e. The van der Waals surface area contributed by atoms with Crippen LogP contribution >= 0.6 is 0 Å². The van der Waals surface area contributed by atoms with E-state index in [-0.39, 0.29) is 5.56 Å². The maximum absolute atomic E-state index is 13.6. The van der Waals surface area contributed by atoms with Crippen LogP contribution in [0.3, 0.4) is 0 Å². The summed E-state index contributed by atoms with van der Waals surface area (Å²) in [4.78, 5) is 12.0. The molecule has 0 saturated carbocycles. The Balaban J connectivity index is 3.07. The maximum atomic E-state index is 13.6. The number of halogens is 2. The zero-order valence-corrected chi connectivity index (χ0v) is 11.1. The van der Waals surface area contributed by atoms with Crippen molar-refractivity contribution in [3.63, 3.8) is 0 Å². The topological polar surface area (TPSA) is 32.3 Å². The van der Waals surface area contributed by atoms with Crippen molar-refractivity contribution in [3.05, 3.63) is 35.1 Å². The molecule has 1 aromatic carbocycles. The third kappa shape index (κ3) is 3.04. The third-order valence-corrected chi connectivity index (χ3v) is 2.64. The number of nitrogens with zero attached hydrogens (tertiary/aromatic N) is 1. The van der Waals surface area contributed by atoms with Gasteiger partial charge in [-0.1, -0.05) is 18.6 Å². The number of rotatable bonds is 3. The van der Waals surface area contributed by atoms with Crippen molar-refractivity contribution < 1.29 is 13.7 Å². The van der Waals surface area contributed by atoms with Gasteiger partial charge in [-0.05, 0) is 44.9 Å². The Kier molecular flexibility index (Phi) is 4.40. The van der Waals surface area contributed by atoms with E-state index in [4.69, 9.17) is 0 Å². The molecule has 0 unspecified atom stereocenters. The van der Waals surface area contributed by atoms with Crippen molar-refractivity contribution in [2.45, 2.75) is 39.7 Å². The molecule has 1 rings (SSSR count). The van der Waals surface area contributed by atoms with Gasteiger partial charge in [-0.25, -0.2) is 9.40 Å². The first kappa shape index (κ1) is 14.6. The van der Waals surface area contributed by atoms with Gasteiger partial charge in [0.2, 0.25) is 0 Å². The van der Waals surface area contributed by atoms with Crippen LogP contribution in [0.1, 0.15) is 43.6 Å². The smallest absolute Gasteiger partial charge is 0.268 e. The predicted molar refractivity (Wildman–Crippen MR) is 65.9 cm³/mol. The predicted octanol–water partition coefficient (Wildman–Crippen LogP) is 3.02. The Morgan fingerprint density at radius 1 is 1.39 bits per heavy atom. The molecule has 3 nitrogen and oxygen atoms in total. The van der Waals surface area contributed by atoms with Gasteiger partial charge in [-0.2, -0.15) is 0 Å². The summed E-state index contributed by atoms with van der Waals surface area (Å²) in [5.74, 6) is -1.05. The van der Waals surface area contributed by atoms with Gasteiger partial charge >= 0.3 is 0 Å². The largest absolute Gasteiger partial charge is 0.270 e. The fourth-order valence-corrected chi connectivity index (χ4v) is 1.57. The minimum Gasteiger partial charge on any atom is -0.268 e. The van der Waals surface area contributed by atoms with Gasteiger partial charge in [0.05, 0.1) is 5.54 Å². The molecular weight excluding hydrogens is 238 g/mol. The van der Waals surface area contributed by atoms with Gasteiger partial charge in [0.25, 0.3) is 5.91 Å². The second-order valence-electron chi connectivity index (χ2n) is 5.06. The van der Waals surface area contributed by atoms with Gasteiger partial charge in [-0.3, -0.25) is 4.79 Å². The van der Waals surface area contributed by atoms with Crippen LogP contribution in [0.5, 0.6) is 0 Å². The molecule has 0 fully saturated rings. The summed E-state index contributed by atoms with van der Waals surface area (Å²) in [6.07, 6.45) is 0.546. The third-order valence-electron chi connectivity index (χ3n) is 2.64. The summed E-state index contributed by atoms with van der Waals surface area (Å²) in [6.45, 7) is 6.85. The number of benzene rings is 1. The molecule has 5 heteroatoms. The first-order chi connectivity index (χ1) is 8.31. The van der Waals surface area contributed by atoms with Crippen LogP contribution < -0.4 is 5.65 Å². The van der Waals surface area contributed by atoms with E-state index < -0.39 is 17.3 Å². The van der Waals surface area contributed by atoms with E-state index in [1.165, 1.54) is 11.7 Å². The average molecular weight is 256 g/mol. The van der Waals surface area contributed by atoms with Gasteiger partial charge in [0.15, 0.2) is 0 Å². The van der Waals surface area contributed by atoms with Gasteiger partial charge < -0.3 is 0 Å². The van der Waals surface area contributed by atoms with Crippen molar-refractivity contribution in [1.29, 1.82) is 0 Å². The second kappa shape index (κ2) is 5.44. The highest BCUT2D eigenvalue weighted by Gasteiger charge is 2.28. The Labute approximate surface area is 106 Å². The highest BCUT2D eigenvalue weighted by Crippen LogP contribution is 2.17. The molecule has 1 N–H and O–H groups in total. The molecule has 0 aliphatic rings. The van der Waals surface area contributed by atoms with Crippen LogP contribution in [-0.4, -0.2) is 16.5 Å². The number of carbonyl (C=O) groups excluding carboxylic acids is 1. The van der Waals surface area contributed by atoms with Crippen LogP contribution in [0.2, 0.25) is 0 Å². The molecule has 0 spiro atoms. The molecule has 0 aliphatic heterocycles. The van der Waals surface area contributed by atoms with E-state index in [2.05, 4.69) is 0 Å². The Morgan fingerprint density at radius 3 is 2.39 bits per heavy atom. The van der Waals surface area contributed by atoms with Crippen LogP contribution in [0.4, 0.5) is 8.87 Å². The zero-order chi connectivity index (χ0) is 13.9. The molecule has 1 amide bonds. The number of hydrogen-bond donors (Lipinski definition) is 1. The monoisotopic (exact) mass is 256 g/mol.